The van der Waals surface area contributed by atoms with Gasteiger partial charge < -0.3 is 13.7 Å². The Morgan fingerprint density at radius 3 is 1.77 bits per heavy atom. The zero-order valence-electron chi connectivity index (χ0n) is 33.3. The summed E-state index contributed by atoms with van der Waals surface area (Å²) in [6.45, 7) is 4.69. The molecule has 0 fully saturated rings. The van der Waals surface area contributed by atoms with Gasteiger partial charge in [-0.05, 0) is 99.1 Å². The van der Waals surface area contributed by atoms with E-state index in [1.54, 1.807) is 0 Å². The van der Waals surface area contributed by atoms with E-state index in [1.807, 2.05) is 18.2 Å². The van der Waals surface area contributed by atoms with Gasteiger partial charge >= 0.3 is 0 Å². The van der Waals surface area contributed by atoms with Crippen molar-refractivity contribution < 1.29 is 8.83 Å². The molecule has 0 atom stereocenters. The number of fused-ring (bicyclic) bond motifs is 9. The molecule has 1 aliphatic rings. The maximum atomic E-state index is 6.55. The maximum Gasteiger partial charge on any atom is 0.137 e. The molecule has 9 aromatic carbocycles. The Hall–Kier alpha value is -7.62. The van der Waals surface area contributed by atoms with Crippen molar-refractivity contribution in [1.82, 2.24) is 0 Å². The van der Waals surface area contributed by atoms with Crippen LogP contribution in [0.3, 0.4) is 0 Å². The number of benzene rings is 9. The Morgan fingerprint density at radius 1 is 0.367 bits per heavy atom. The van der Waals surface area contributed by atoms with E-state index in [1.165, 1.54) is 33.4 Å². The third-order valence-corrected chi connectivity index (χ3v) is 12.7. The Kier molecular flexibility index (Phi) is 7.58. The zero-order valence-corrected chi connectivity index (χ0v) is 33.3. The fraction of sp³-hybridized carbons (Fsp3) is 0.0526. The lowest BCUT2D eigenvalue weighted by atomic mass is 9.82. The van der Waals surface area contributed by atoms with Crippen LogP contribution < -0.4 is 4.90 Å². The molecule has 0 aliphatic heterocycles. The molecule has 0 spiro atoms. The summed E-state index contributed by atoms with van der Waals surface area (Å²) in [5.41, 5.74) is 18.6. The molecule has 2 aromatic heterocycles. The van der Waals surface area contributed by atoms with Crippen molar-refractivity contribution in [1.29, 1.82) is 0 Å². The van der Waals surface area contributed by atoms with E-state index in [9.17, 15) is 0 Å². The van der Waals surface area contributed by atoms with Gasteiger partial charge in [0.05, 0.1) is 5.69 Å². The summed E-state index contributed by atoms with van der Waals surface area (Å²) >= 11 is 0. The van der Waals surface area contributed by atoms with Gasteiger partial charge in [0.25, 0.3) is 0 Å². The third-order valence-electron chi connectivity index (χ3n) is 12.7. The first-order valence-electron chi connectivity index (χ1n) is 20.7. The third kappa shape index (κ3) is 5.22. The number of nitrogens with zero attached hydrogens (tertiary/aromatic N) is 1. The lowest BCUT2D eigenvalue weighted by Gasteiger charge is -2.30. The van der Waals surface area contributed by atoms with E-state index in [2.05, 4.69) is 201 Å². The zero-order chi connectivity index (χ0) is 40.0. The molecule has 3 heteroatoms. The first kappa shape index (κ1) is 34.4. The lowest BCUT2D eigenvalue weighted by molar-refractivity contribution is 0.660. The minimum Gasteiger partial charge on any atom is -0.456 e. The Bertz CT molecular complexity index is 3460. The fourth-order valence-corrected chi connectivity index (χ4v) is 9.81. The van der Waals surface area contributed by atoms with Crippen molar-refractivity contribution in [3.63, 3.8) is 0 Å². The van der Waals surface area contributed by atoms with Crippen molar-refractivity contribution in [3.8, 4) is 44.5 Å². The number of hydrogen-bond donors (Lipinski definition) is 0. The predicted molar refractivity (Wildman–Crippen MR) is 250 cm³/mol. The lowest BCUT2D eigenvalue weighted by Crippen LogP contribution is -2.17. The Labute approximate surface area is 348 Å². The van der Waals surface area contributed by atoms with E-state index in [-0.39, 0.29) is 5.41 Å². The summed E-state index contributed by atoms with van der Waals surface area (Å²) in [5, 5.41) is 4.43. The average molecular weight is 770 g/mol. The van der Waals surface area contributed by atoms with Crippen LogP contribution in [-0.4, -0.2) is 0 Å². The SMILES string of the molecule is CC1(C)c2ccccc2-c2ccc(N(c3ccc4c(c3)oc3ccccc34)c3ccccc3-c3ccc4oc5ccccc5c4c3-c3ccc(-c4ccccc4)cc3)cc21. The highest BCUT2D eigenvalue weighted by atomic mass is 16.3. The van der Waals surface area contributed by atoms with Gasteiger partial charge in [0, 0.05) is 55.5 Å². The minimum absolute atomic E-state index is 0.164. The van der Waals surface area contributed by atoms with E-state index >= 15 is 0 Å². The van der Waals surface area contributed by atoms with Gasteiger partial charge in [-0.15, -0.1) is 0 Å². The Morgan fingerprint density at radius 2 is 0.933 bits per heavy atom. The molecule has 284 valence electrons. The second-order valence-electron chi connectivity index (χ2n) is 16.4. The van der Waals surface area contributed by atoms with Crippen molar-refractivity contribution in [2.75, 3.05) is 4.90 Å². The fourth-order valence-electron chi connectivity index (χ4n) is 9.81. The molecule has 0 saturated carbocycles. The normalized spacial score (nSPS) is 13.0. The topological polar surface area (TPSA) is 29.5 Å². The summed E-state index contributed by atoms with van der Waals surface area (Å²) in [7, 11) is 0. The minimum atomic E-state index is -0.164. The van der Waals surface area contributed by atoms with Crippen LogP contribution in [0, 0.1) is 0 Å². The van der Waals surface area contributed by atoms with E-state index in [0.717, 1.165) is 83.2 Å². The largest absolute Gasteiger partial charge is 0.456 e. The first-order valence-corrected chi connectivity index (χ1v) is 20.7. The van der Waals surface area contributed by atoms with E-state index in [0.29, 0.717) is 0 Å². The monoisotopic (exact) mass is 769 g/mol. The average Bonchev–Trinajstić information content (AvgIpc) is 3.94. The van der Waals surface area contributed by atoms with Gasteiger partial charge in [-0.3, -0.25) is 0 Å². The molecule has 0 radical (unpaired) electrons. The molecule has 1 aliphatic carbocycles. The number of hydrogen-bond acceptors (Lipinski definition) is 3. The van der Waals surface area contributed by atoms with Gasteiger partial charge in [-0.2, -0.15) is 0 Å². The van der Waals surface area contributed by atoms with Gasteiger partial charge in [0.2, 0.25) is 0 Å². The summed E-state index contributed by atoms with van der Waals surface area (Å²) in [4.78, 5) is 2.42. The summed E-state index contributed by atoms with van der Waals surface area (Å²) in [6, 6.07) is 72.0. The Balaban J connectivity index is 1.11. The molecule has 12 rings (SSSR count). The molecule has 0 amide bonds. The van der Waals surface area contributed by atoms with Crippen LogP contribution in [-0.2, 0) is 5.41 Å². The number of anilines is 3. The van der Waals surface area contributed by atoms with Gasteiger partial charge in [0.15, 0.2) is 0 Å². The van der Waals surface area contributed by atoms with Crippen LogP contribution in [0.4, 0.5) is 17.1 Å². The number of furan rings is 2. The quantitative estimate of drug-likeness (QED) is 0.169. The standard InChI is InChI=1S/C57H39NO2/c1-57(2)48-20-10-6-16-41(48)42-30-28-39(34-49(42)57)58(40-29-31-45-44-18-8-12-22-51(44)60-54(45)35-40)50-21-11-7-17-43(50)46-32-33-53-56(47-19-9-13-23-52(47)59-53)55(46)38-26-24-37(25-27-38)36-14-4-3-5-15-36/h3-35H,1-2H3. The van der Waals surface area contributed by atoms with Crippen molar-refractivity contribution in [3.05, 3.63) is 211 Å². The predicted octanol–water partition coefficient (Wildman–Crippen LogP) is 16.3. The number of para-hydroxylation sites is 3. The molecule has 2 heterocycles. The van der Waals surface area contributed by atoms with Gasteiger partial charge in [-0.25, -0.2) is 0 Å². The second kappa shape index (κ2) is 13.2. The van der Waals surface area contributed by atoms with E-state index in [4.69, 9.17) is 8.83 Å². The van der Waals surface area contributed by atoms with Gasteiger partial charge in [-0.1, -0.05) is 153 Å². The molecule has 0 unspecified atom stereocenters. The van der Waals surface area contributed by atoms with E-state index < -0.39 is 0 Å². The highest BCUT2D eigenvalue weighted by Crippen LogP contribution is 2.52. The molecular weight excluding hydrogens is 731 g/mol. The van der Waals surface area contributed by atoms with Gasteiger partial charge in [0.1, 0.15) is 22.3 Å². The molecule has 60 heavy (non-hydrogen) atoms. The summed E-state index contributed by atoms with van der Waals surface area (Å²) < 4.78 is 13.1. The highest BCUT2D eigenvalue weighted by Gasteiger charge is 2.36. The molecule has 0 saturated heterocycles. The highest BCUT2D eigenvalue weighted by molar-refractivity contribution is 6.17. The van der Waals surface area contributed by atoms with Crippen LogP contribution in [0.5, 0.6) is 0 Å². The molecular formula is C57H39NO2. The molecule has 0 bridgehead atoms. The summed E-state index contributed by atoms with van der Waals surface area (Å²) in [6.07, 6.45) is 0. The van der Waals surface area contributed by atoms with Crippen LogP contribution >= 0.6 is 0 Å². The van der Waals surface area contributed by atoms with Crippen molar-refractivity contribution >= 4 is 60.9 Å². The second-order valence-corrected chi connectivity index (χ2v) is 16.4. The molecule has 3 nitrogen and oxygen atoms in total. The molecule has 0 N–H and O–H groups in total. The maximum absolute atomic E-state index is 6.55. The smallest absolute Gasteiger partial charge is 0.137 e. The first-order chi connectivity index (χ1) is 29.5. The molecule has 11 aromatic rings. The van der Waals surface area contributed by atoms with Crippen molar-refractivity contribution in [2.24, 2.45) is 0 Å². The van der Waals surface area contributed by atoms with Crippen LogP contribution in [0.25, 0.3) is 88.4 Å². The number of rotatable bonds is 6. The van der Waals surface area contributed by atoms with Crippen LogP contribution in [0.1, 0.15) is 25.0 Å². The van der Waals surface area contributed by atoms with Crippen molar-refractivity contribution in [2.45, 2.75) is 19.3 Å². The van der Waals surface area contributed by atoms with Crippen LogP contribution in [0.15, 0.2) is 209 Å². The summed E-state index contributed by atoms with van der Waals surface area (Å²) in [5.74, 6) is 0. The van der Waals surface area contributed by atoms with Crippen LogP contribution in [0.2, 0.25) is 0 Å².